The molecule has 4 heteroatoms. The van der Waals surface area contributed by atoms with Gasteiger partial charge in [0.15, 0.2) is 0 Å². The Hall–Kier alpha value is -3.14. The fraction of sp³-hybridized carbons (Fsp3) is 0.100. The lowest BCUT2D eigenvalue weighted by atomic mass is 10.00. The highest BCUT2D eigenvalue weighted by Gasteiger charge is 2.10. The van der Waals surface area contributed by atoms with Gasteiger partial charge in [0.05, 0.1) is 5.56 Å². The highest BCUT2D eigenvalue weighted by molar-refractivity contribution is 5.98. The number of hydrogen-bond acceptors (Lipinski definition) is 3. The molecule has 3 N–H and O–H groups in total. The van der Waals surface area contributed by atoms with Crippen molar-refractivity contribution in [3.63, 3.8) is 0 Å². The quantitative estimate of drug-likeness (QED) is 0.759. The third kappa shape index (κ3) is 3.79. The van der Waals surface area contributed by atoms with Crippen LogP contribution in [0.1, 0.15) is 27.0 Å². The number of nitrogens with zero attached hydrogens (tertiary/aromatic N) is 1. The second kappa shape index (κ2) is 7.42. The summed E-state index contributed by atoms with van der Waals surface area (Å²) in [6.45, 7) is 0.455. The van der Waals surface area contributed by atoms with Gasteiger partial charge in [-0.15, -0.1) is 0 Å². The summed E-state index contributed by atoms with van der Waals surface area (Å²) in [5, 5.41) is 2.92. The maximum atomic E-state index is 12.3. The molecule has 3 rings (SSSR count). The number of rotatable bonds is 5. The van der Waals surface area contributed by atoms with Crippen molar-refractivity contribution in [3.8, 4) is 0 Å². The standard InChI is InChI=1S/C20H19N3O/c21-19-18(11-6-12-22-19)20(24)23-14-17-10-5-4-9-16(17)13-15-7-2-1-3-8-15/h1-12H,13-14H2,(H2,21,22)(H,23,24). The molecular weight excluding hydrogens is 298 g/mol. The van der Waals surface area contributed by atoms with Gasteiger partial charge in [0.25, 0.3) is 5.91 Å². The first-order valence-corrected chi connectivity index (χ1v) is 7.83. The summed E-state index contributed by atoms with van der Waals surface area (Å²) < 4.78 is 0. The van der Waals surface area contributed by atoms with E-state index in [9.17, 15) is 4.79 Å². The lowest BCUT2D eigenvalue weighted by Crippen LogP contribution is -2.24. The van der Waals surface area contributed by atoms with Gasteiger partial charge >= 0.3 is 0 Å². The van der Waals surface area contributed by atoms with E-state index in [-0.39, 0.29) is 11.7 Å². The Balaban J connectivity index is 1.72. The summed E-state index contributed by atoms with van der Waals surface area (Å²) in [7, 11) is 0. The number of anilines is 1. The molecule has 2 aromatic carbocycles. The van der Waals surface area contributed by atoms with Crippen molar-refractivity contribution < 1.29 is 4.79 Å². The van der Waals surface area contributed by atoms with E-state index in [1.165, 1.54) is 11.1 Å². The van der Waals surface area contributed by atoms with Gasteiger partial charge in [0.2, 0.25) is 0 Å². The molecule has 0 saturated heterocycles. The normalized spacial score (nSPS) is 10.3. The molecule has 0 radical (unpaired) electrons. The SMILES string of the molecule is Nc1ncccc1C(=O)NCc1ccccc1Cc1ccccc1. The topological polar surface area (TPSA) is 68.0 Å². The Morgan fingerprint density at radius 3 is 2.38 bits per heavy atom. The Morgan fingerprint density at radius 2 is 1.62 bits per heavy atom. The lowest BCUT2D eigenvalue weighted by molar-refractivity contribution is 0.0951. The van der Waals surface area contributed by atoms with E-state index >= 15 is 0 Å². The Labute approximate surface area is 141 Å². The van der Waals surface area contributed by atoms with E-state index in [1.807, 2.05) is 36.4 Å². The first kappa shape index (κ1) is 15.7. The largest absolute Gasteiger partial charge is 0.383 e. The fourth-order valence-corrected chi connectivity index (χ4v) is 2.60. The van der Waals surface area contributed by atoms with Gasteiger partial charge in [0, 0.05) is 12.7 Å². The van der Waals surface area contributed by atoms with E-state index in [0.717, 1.165) is 12.0 Å². The van der Waals surface area contributed by atoms with Crippen LogP contribution in [-0.2, 0) is 13.0 Å². The number of pyridine rings is 1. The van der Waals surface area contributed by atoms with Gasteiger partial charge in [-0.2, -0.15) is 0 Å². The number of amides is 1. The maximum Gasteiger partial charge on any atom is 0.255 e. The van der Waals surface area contributed by atoms with Gasteiger partial charge in [-0.05, 0) is 35.2 Å². The average Bonchev–Trinajstić information content (AvgIpc) is 2.62. The number of nitrogens with two attached hydrogens (primary N) is 1. The summed E-state index contributed by atoms with van der Waals surface area (Å²) in [6.07, 6.45) is 2.41. The zero-order chi connectivity index (χ0) is 16.8. The van der Waals surface area contributed by atoms with Gasteiger partial charge in [0.1, 0.15) is 5.82 Å². The summed E-state index contributed by atoms with van der Waals surface area (Å²) in [5.74, 6) is 0.0303. The molecule has 0 spiro atoms. The summed E-state index contributed by atoms with van der Waals surface area (Å²) in [4.78, 5) is 16.2. The van der Waals surface area contributed by atoms with Crippen LogP contribution < -0.4 is 11.1 Å². The van der Waals surface area contributed by atoms with E-state index in [1.54, 1.807) is 18.3 Å². The van der Waals surface area contributed by atoms with Crippen molar-refractivity contribution in [1.29, 1.82) is 0 Å². The highest BCUT2D eigenvalue weighted by atomic mass is 16.1. The van der Waals surface area contributed by atoms with E-state index in [2.05, 4.69) is 28.5 Å². The molecule has 0 atom stereocenters. The molecule has 0 aliphatic carbocycles. The third-order valence-electron chi connectivity index (χ3n) is 3.88. The number of aromatic nitrogens is 1. The molecule has 24 heavy (non-hydrogen) atoms. The van der Waals surface area contributed by atoms with E-state index < -0.39 is 0 Å². The molecule has 1 amide bonds. The van der Waals surface area contributed by atoms with E-state index in [4.69, 9.17) is 5.73 Å². The van der Waals surface area contributed by atoms with Crippen molar-refractivity contribution in [2.45, 2.75) is 13.0 Å². The van der Waals surface area contributed by atoms with Gasteiger partial charge < -0.3 is 11.1 Å². The van der Waals surface area contributed by atoms with Crippen molar-refractivity contribution in [3.05, 3.63) is 95.2 Å². The number of nitrogen functional groups attached to an aromatic ring is 1. The zero-order valence-corrected chi connectivity index (χ0v) is 13.3. The minimum atomic E-state index is -0.213. The van der Waals surface area contributed by atoms with Gasteiger partial charge in [-0.25, -0.2) is 4.98 Å². The molecular formula is C20H19N3O. The first-order valence-electron chi connectivity index (χ1n) is 7.83. The maximum absolute atomic E-state index is 12.3. The zero-order valence-electron chi connectivity index (χ0n) is 13.3. The predicted molar refractivity (Wildman–Crippen MR) is 95.5 cm³/mol. The van der Waals surface area contributed by atoms with Crippen molar-refractivity contribution in [2.24, 2.45) is 0 Å². The highest BCUT2D eigenvalue weighted by Crippen LogP contribution is 2.15. The van der Waals surface area contributed by atoms with Crippen LogP contribution in [0, 0.1) is 0 Å². The van der Waals surface area contributed by atoms with Crippen LogP contribution in [0.5, 0.6) is 0 Å². The lowest BCUT2D eigenvalue weighted by Gasteiger charge is -2.11. The van der Waals surface area contributed by atoms with Crippen LogP contribution in [0.25, 0.3) is 0 Å². The molecule has 120 valence electrons. The minimum Gasteiger partial charge on any atom is -0.383 e. The van der Waals surface area contributed by atoms with Crippen molar-refractivity contribution >= 4 is 11.7 Å². The van der Waals surface area contributed by atoms with Gasteiger partial charge in [-0.3, -0.25) is 4.79 Å². The molecule has 1 aromatic heterocycles. The van der Waals surface area contributed by atoms with Crippen molar-refractivity contribution in [2.75, 3.05) is 5.73 Å². The van der Waals surface area contributed by atoms with E-state index in [0.29, 0.717) is 12.1 Å². The van der Waals surface area contributed by atoms with Crippen LogP contribution in [0.4, 0.5) is 5.82 Å². The number of benzene rings is 2. The monoisotopic (exact) mass is 317 g/mol. The second-order valence-corrected chi connectivity index (χ2v) is 5.55. The molecule has 0 fully saturated rings. The average molecular weight is 317 g/mol. The minimum absolute atomic E-state index is 0.213. The second-order valence-electron chi connectivity index (χ2n) is 5.55. The summed E-state index contributed by atoms with van der Waals surface area (Å²) in [5.41, 5.74) is 9.69. The molecule has 0 bridgehead atoms. The fourth-order valence-electron chi connectivity index (χ4n) is 2.60. The Kier molecular flexibility index (Phi) is 4.87. The molecule has 0 aliphatic heterocycles. The predicted octanol–water partition coefficient (Wildman–Crippen LogP) is 3.18. The molecule has 0 aliphatic rings. The Morgan fingerprint density at radius 1 is 0.917 bits per heavy atom. The number of hydrogen-bond donors (Lipinski definition) is 2. The molecule has 0 unspecified atom stereocenters. The first-order chi connectivity index (χ1) is 11.7. The number of carbonyl (C=O) groups is 1. The smallest absolute Gasteiger partial charge is 0.255 e. The molecule has 0 saturated carbocycles. The van der Waals surface area contributed by atoms with Crippen LogP contribution in [0.3, 0.4) is 0 Å². The van der Waals surface area contributed by atoms with Crippen LogP contribution in [0.2, 0.25) is 0 Å². The van der Waals surface area contributed by atoms with Crippen molar-refractivity contribution in [1.82, 2.24) is 10.3 Å². The summed E-state index contributed by atoms with van der Waals surface area (Å²) >= 11 is 0. The van der Waals surface area contributed by atoms with Crippen LogP contribution in [-0.4, -0.2) is 10.9 Å². The summed E-state index contributed by atoms with van der Waals surface area (Å²) in [6, 6.07) is 21.8. The molecule has 4 nitrogen and oxygen atoms in total. The van der Waals surface area contributed by atoms with Crippen LogP contribution in [0.15, 0.2) is 72.9 Å². The Bertz CT molecular complexity index is 831. The van der Waals surface area contributed by atoms with Crippen LogP contribution >= 0.6 is 0 Å². The number of nitrogens with one attached hydrogen (secondary N) is 1. The number of carbonyl (C=O) groups excluding carboxylic acids is 1. The third-order valence-corrected chi connectivity index (χ3v) is 3.88. The molecule has 3 aromatic rings. The molecule has 1 heterocycles. The van der Waals surface area contributed by atoms with Gasteiger partial charge in [-0.1, -0.05) is 54.6 Å².